The van der Waals surface area contributed by atoms with E-state index in [9.17, 15) is 10.2 Å². The highest BCUT2D eigenvalue weighted by molar-refractivity contribution is 5.90. The highest BCUT2D eigenvalue weighted by Gasteiger charge is 2.50. The van der Waals surface area contributed by atoms with Crippen LogP contribution in [0.5, 0.6) is 0 Å². The lowest BCUT2D eigenvalue weighted by molar-refractivity contribution is -0.120. The Morgan fingerprint density at radius 3 is 2.94 bits per heavy atom. The van der Waals surface area contributed by atoms with E-state index in [1.165, 1.54) is 0 Å². The van der Waals surface area contributed by atoms with Crippen LogP contribution in [-0.4, -0.2) is 61.3 Å². The highest BCUT2D eigenvalue weighted by Crippen LogP contribution is 2.28. The first-order valence-corrected chi connectivity index (χ1v) is 4.88. The first kappa shape index (κ1) is 11.9. The second-order valence-corrected chi connectivity index (χ2v) is 3.78. The molecule has 1 saturated heterocycles. The SMILES string of the molecule is N=C(N)c1ncn(C2(O)COC(CO)C2O)n1. The van der Waals surface area contributed by atoms with Crippen molar-refractivity contribution in [3.05, 3.63) is 12.2 Å². The van der Waals surface area contributed by atoms with E-state index in [0.717, 1.165) is 11.0 Å². The number of aliphatic hydroxyl groups is 3. The Bertz CT molecular complexity index is 435. The minimum atomic E-state index is -1.81. The Morgan fingerprint density at radius 1 is 1.76 bits per heavy atom. The molecule has 3 unspecified atom stereocenters. The fourth-order valence-corrected chi connectivity index (χ4v) is 1.63. The van der Waals surface area contributed by atoms with Crippen LogP contribution >= 0.6 is 0 Å². The predicted octanol–water partition coefficient (Wildman–Crippen LogP) is -3.04. The van der Waals surface area contributed by atoms with Gasteiger partial charge in [-0.15, -0.1) is 5.10 Å². The van der Waals surface area contributed by atoms with Crippen molar-refractivity contribution in [2.24, 2.45) is 5.73 Å². The second kappa shape index (κ2) is 4.04. The molecular formula is C8H13N5O4. The van der Waals surface area contributed by atoms with E-state index < -0.39 is 24.5 Å². The van der Waals surface area contributed by atoms with E-state index in [2.05, 4.69) is 10.1 Å². The molecule has 0 aliphatic carbocycles. The molecule has 9 nitrogen and oxygen atoms in total. The van der Waals surface area contributed by atoms with E-state index in [0.29, 0.717) is 0 Å². The van der Waals surface area contributed by atoms with Crippen molar-refractivity contribution in [3.63, 3.8) is 0 Å². The molecule has 3 atom stereocenters. The average Bonchev–Trinajstić information content (AvgIpc) is 2.87. The molecular weight excluding hydrogens is 230 g/mol. The molecule has 1 aliphatic heterocycles. The molecule has 9 heteroatoms. The van der Waals surface area contributed by atoms with E-state index in [1.807, 2.05) is 0 Å². The van der Waals surface area contributed by atoms with Gasteiger partial charge in [-0.2, -0.15) is 0 Å². The van der Waals surface area contributed by atoms with Gasteiger partial charge in [0, 0.05) is 0 Å². The quantitative estimate of drug-likeness (QED) is 0.279. The van der Waals surface area contributed by atoms with Crippen molar-refractivity contribution in [2.45, 2.75) is 17.9 Å². The zero-order valence-corrected chi connectivity index (χ0v) is 8.82. The zero-order valence-electron chi connectivity index (χ0n) is 8.82. The Balaban J connectivity index is 2.29. The van der Waals surface area contributed by atoms with E-state index in [1.54, 1.807) is 0 Å². The Kier molecular flexibility index (Phi) is 2.83. The summed E-state index contributed by atoms with van der Waals surface area (Å²) >= 11 is 0. The number of aromatic nitrogens is 3. The van der Waals surface area contributed by atoms with Gasteiger partial charge in [0.1, 0.15) is 18.5 Å². The summed E-state index contributed by atoms with van der Waals surface area (Å²) in [7, 11) is 0. The van der Waals surface area contributed by atoms with Gasteiger partial charge in [-0.25, -0.2) is 9.67 Å². The van der Waals surface area contributed by atoms with Crippen LogP contribution in [0.2, 0.25) is 0 Å². The smallest absolute Gasteiger partial charge is 0.215 e. The molecule has 17 heavy (non-hydrogen) atoms. The number of hydrogen-bond acceptors (Lipinski definition) is 7. The third kappa shape index (κ3) is 1.78. The van der Waals surface area contributed by atoms with Gasteiger partial charge in [-0.3, -0.25) is 5.41 Å². The molecule has 0 spiro atoms. The maximum atomic E-state index is 10.2. The molecule has 0 radical (unpaired) electrons. The number of rotatable bonds is 3. The van der Waals surface area contributed by atoms with Gasteiger partial charge in [0.05, 0.1) is 13.2 Å². The summed E-state index contributed by atoms with van der Waals surface area (Å²) in [6, 6.07) is 0. The summed E-state index contributed by atoms with van der Waals surface area (Å²) < 4.78 is 6.01. The van der Waals surface area contributed by atoms with Crippen LogP contribution in [0.25, 0.3) is 0 Å². The van der Waals surface area contributed by atoms with Crippen molar-refractivity contribution in [3.8, 4) is 0 Å². The molecule has 0 saturated carbocycles. The summed E-state index contributed by atoms with van der Waals surface area (Å²) in [6.45, 7) is -0.655. The van der Waals surface area contributed by atoms with Crippen LogP contribution in [0.4, 0.5) is 0 Å². The van der Waals surface area contributed by atoms with Gasteiger partial charge >= 0.3 is 0 Å². The topological polar surface area (TPSA) is 150 Å². The fourth-order valence-electron chi connectivity index (χ4n) is 1.63. The molecule has 1 aromatic heterocycles. The number of aliphatic hydroxyl groups excluding tert-OH is 2. The lowest BCUT2D eigenvalue weighted by Crippen LogP contribution is -2.47. The molecule has 0 aromatic carbocycles. The van der Waals surface area contributed by atoms with Crippen LogP contribution in [0.1, 0.15) is 5.82 Å². The molecule has 1 aliphatic rings. The van der Waals surface area contributed by atoms with Crippen LogP contribution in [-0.2, 0) is 10.5 Å². The number of nitrogen functional groups attached to an aromatic ring is 1. The molecule has 2 heterocycles. The summed E-state index contributed by atoms with van der Waals surface area (Å²) in [5.74, 6) is -0.405. The molecule has 94 valence electrons. The van der Waals surface area contributed by atoms with Crippen LogP contribution in [0, 0.1) is 5.41 Å². The van der Waals surface area contributed by atoms with Crippen molar-refractivity contribution in [1.82, 2.24) is 14.8 Å². The first-order chi connectivity index (χ1) is 7.99. The van der Waals surface area contributed by atoms with Gasteiger partial charge < -0.3 is 25.8 Å². The minimum absolute atomic E-state index is 0.0573. The standard InChI is InChI=1S/C8H13N5O4/c9-6(10)7-11-3-13(12-7)8(16)2-17-4(1-14)5(8)15/h3-5,14-16H,1-2H2,(H3,9,10). The largest absolute Gasteiger partial charge is 0.394 e. The highest BCUT2D eigenvalue weighted by atomic mass is 16.6. The lowest BCUT2D eigenvalue weighted by atomic mass is 10.1. The van der Waals surface area contributed by atoms with Gasteiger partial charge in [-0.05, 0) is 0 Å². The van der Waals surface area contributed by atoms with Gasteiger partial charge in [0.2, 0.25) is 11.5 Å². The van der Waals surface area contributed by atoms with Gasteiger partial charge in [0.15, 0.2) is 5.84 Å². The molecule has 1 fully saturated rings. The first-order valence-electron chi connectivity index (χ1n) is 4.88. The lowest BCUT2D eigenvalue weighted by Gasteiger charge is -2.25. The third-order valence-corrected chi connectivity index (χ3v) is 2.65. The number of hydrogen-bond donors (Lipinski definition) is 5. The number of nitrogens with one attached hydrogen (secondary N) is 1. The van der Waals surface area contributed by atoms with Crippen molar-refractivity contribution >= 4 is 5.84 Å². The molecule has 0 bridgehead atoms. The number of nitrogens with two attached hydrogens (primary N) is 1. The van der Waals surface area contributed by atoms with E-state index >= 15 is 0 Å². The summed E-state index contributed by atoms with van der Waals surface area (Å²) in [6.07, 6.45) is -1.08. The minimum Gasteiger partial charge on any atom is -0.394 e. The second-order valence-electron chi connectivity index (χ2n) is 3.78. The molecule has 6 N–H and O–H groups in total. The van der Waals surface area contributed by atoms with Crippen LogP contribution in [0.3, 0.4) is 0 Å². The van der Waals surface area contributed by atoms with E-state index in [4.69, 9.17) is 21.0 Å². The van der Waals surface area contributed by atoms with Crippen LogP contribution in [0.15, 0.2) is 6.33 Å². The summed E-state index contributed by atoms with van der Waals surface area (Å²) in [5.41, 5.74) is 3.38. The van der Waals surface area contributed by atoms with Crippen LogP contribution < -0.4 is 5.73 Å². The summed E-state index contributed by atoms with van der Waals surface area (Å²) in [5, 5.41) is 39.8. The van der Waals surface area contributed by atoms with Crippen molar-refractivity contribution < 1.29 is 20.1 Å². The van der Waals surface area contributed by atoms with Gasteiger partial charge in [-0.1, -0.05) is 0 Å². The van der Waals surface area contributed by atoms with Crippen molar-refractivity contribution in [1.29, 1.82) is 5.41 Å². The summed E-state index contributed by atoms with van der Waals surface area (Å²) in [4.78, 5) is 3.70. The predicted molar refractivity (Wildman–Crippen MR) is 54.1 cm³/mol. The zero-order chi connectivity index (χ0) is 12.6. The average molecular weight is 243 g/mol. The Labute approximate surface area is 96.0 Å². The molecule has 2 rings (SSSR count). The van der Waals surface area contributed by atoms with Crippen molar-refractivity contribution in [2.75, 3.05) is 13.2 Å². The number of ether oxygens (including phenoxy) is 1. The maximum absolute atomic E-state index is 10.2. The number of amidine groups is 1. The fraction of sp³-hybridized carbons (Fsp3) is 0.625. The van der Waals surface area contributed by atoms with E-state index in [-0.39, 0.29) is 18.3 Å². The third-order valence-electron chi connectivity index (χ3n) is 2.65. The number of nitrogens with zero attached hydrogens (tertiary/aromatic N) is 3. The van der Waals surface area contributed by atoms with Gasteiger partial charge in [0.25, 0.3) is 0 Å². The Morgan fingerprint density at radius 2 is 2.47 bits per heavy atom. The normalized spacial score (nSPS) is 32.9. The molecule has 0 amide bonds. The Hall–Kier alpha value is -1.55. The monoisotopic (exact) mass is 243 g/mol. The maximum Gasteiger partial charge on any atom is 0.215 e. The molecule has 1 aromatic rings.